The van der Waals surface area contributed by atoms with E-state index in [-0.39, 0.29) is 0 Å². The van der Waals surface area contributed by atoms with Crippen LogP contribution in [0.5, 0.6) is 0 Å². The highest BCUT2D eigenvalue weighted by molar-refractivity contribution is 7.22. The molecule has 4 heteroatoms. The maximum atomic E-state index is 5.59. The Hall–Kier alpha value is -7.14. The molecular weight excluding hydrogens is 707 g/mol. The first-order chi connectivity index (χ1) is 28.3. The first kappa shape index (κ1) is 32.1. The standard InChI is InChI=1S/C53H35N3Si/c1-4-17-38(18-5-1)56-47-26-14-12-24-42(47)45-33-36(29-31-48(45)56)51-46-32-35-16-10-11-23-41(35)52(46)55-53(54-51)37-28-30-44-43-25-13-15-27-49(43)57(50(44)34-37,39-19-6-2-7-20-39)40-21-8-3-9-22-40/h1-31,33-34H,32H2. The highest BCUT2D eigenvalue weighted by Crippen LogP contribution is 2.43. The molecule has 1 aliphatic heterocycles. The monoisotopic (exact) mass is 741 g/mol. The smallest absolute Gasteiger partial charge is 0.180 e. The number of para-hydroxylation sites is 2. The third kappa shape index (κ3) is 4.65. The van der Waals surface area contributed by atoms with E-state index < -0.39 is 8.07 Å². The number of nitrogens with zero attached hydrogens (tertiary/aromatic N) is 3. The molecule has 0 spiro atoms. The zero-order valence-corrected chi connectivity index (χ0v) is 32.1. The second-order valence-electron chi connectivity index (χ2n) is 15.3. The highest BCUT2D eigenvalue weighted by Gasteiger charge is 2.48. The van der Waals surface area contributed by atoms with Crippen LogP contribution in [0.2, 0.25) is 0 Å². The largest absolute Gasteiger partial charge is 0.309 e. The van der Waals surface area contributed by atoms with Crippen molar-refractivity contribution < 1.29 is 0 Å². The summed E-state index contributed by atoms with van der Waals surface area (Å²) < 4.78 is 2.37. The molecular formula is C53H35N3Si. The van der Waals surface area contributed by atoms with E-state index in [4.69, 9.17) is 9.97 Å². The van der Waals surface area contributed by atoms with Gasteiger partial charge in [-0.05, 0) is 67.8 Å². The van der Waals surface area contributed by atoms with Gasteiger partial charge in [-0.3, -0.25) is 0 Å². The van der Waals surface area contributed by atoms with Gasteiger partial charge >= 0.3 is 0 Å². The Kier molecular flexibility index (Phi) is 7.01. The second kappa shape index (κ2) is 12.4. The summed E-state index contributed by atoms with van der Waals surface area (Å²) in [6.07, 6.45) is 0.808. The van der Waals surface area contributed by atoms with Gasteiger partial charge in [-0.25, -0.2) is 9.97 Å². The van der Waals surface area contributed by atoms with E-state index in [0.717, 1.165) is 40.4 Å². The average Bonchev–Trinajstić information content (AvgIpc) is 3.93. The Balaban J connectivity index is 1.10. The minimum absolute atomic E-state index is 0.759. The molecule has 1 aliphatic carbocycles. The molecule has 0 radical (unpaired) electrons. The summed E-state index contributed by atoms with van der Waals surface area (Å²) in [6.45, 7) is 0. The molecule has 266 valence electrons. The van der Waals surface area contributed by atoms with Crippen molar-refractivity contribution in [1.82, 2.24) is 14.5 Å². The number of rotatable bonds is 5. The Morgan fingerprint density at radius 1 is 0.421 bits per heavy atom. The van der Waals surface area contributed by atoms with E-state index in [1.807, 2.05) is 0 Å². The molecule has 2 aliphatic rings. The summed E-state index contributed by atoms with van der Waals surface area (Å²) in [5.74, 6) is 0.759. The number of aromatic nitrogens is 3. The maximum Gasteiger partial charge on any atom is 0.180 e. The van der Waals surface area contributed by atoms with Crippen molar-refractivity contribution in [3.05, 3.63) is 211 Å². The predicted molar refractivity (Wildman–Crippen MR) is 238 cm³/mol. The fraction of sp³-hybridized carbons (Fsp3) is 0.0189. The van der Waals surface area contributed by atoms with Gasteiger partial charge in [0.25, 0.3) is 0 Å². The van der Waals surface area contributed by atoms with Crippen molar-refractivity contribution in [3.8, 4) is 50.7 Å². The summed E-state index contributed by atoms with van der Waals surface area (Å²) in [6, 6.07) is 73.5. The molecule has 0 fully saturated rings. The van der Waals surface area contributed by atoms with Crippen LogP contribution in [-0.4, -0.2) is 22.6 Å². The minimum atomic E-state index is -2.69. The molecule has 0 atom stereocenters. The van der Waals surface area contributed by atoms with Gasteiger partial charge in [0.05, 0.1) is 22.4 Å². The number of fused-ring (bicyclic) bond motifs is 9. The average molecular weight is 742 g/mol. The van der Waals surface area contributed by atoms with Gasteiger partial charge in [-0.15, -0.1) is 0 Å². The summed E-state index contributed by atoms with van der Waals surface area (Å²) in [4.78, 5) is 11.1. The second-order valence-corrected chi connectivity index (χ2v) is 19.0. The first-order valence-electron chi connectivity index (χ1n) is 19.7. The Morgan fingerprint density at radius 2 is 1.02 bits per heavy atom. The van der Waals surface area contributed by atoms with E-state index in [2.05, 4.69) is 205 Å². The van der Waals surface area contributed by atoms with Crippen molar-refractivity contribution >= 4 is 50.6 Å². The van der Waals surface area contributed by atoms with Gasteiger partial charge < -0.3 is 4.57 Å². The fourth-order valence-electron chi connectivity index (χ4n) is 9.90. The molecule has 2 aromatic heterocycles. The lowest BCUT2D eigenvalue weighted by molar-refractivity contribution is 1.13. The Morgan fingerprint density at radius 3 is 1.81 bits per heavy atom. The molecule has 0 unspecified atom stereocenters. The quantitative estimate of drug-likeness (QED) is 0.165. The highest BCUT2D eigenvalue weighted by atomic mass is 28.3. The van der Waals surface area contributed by atoms with Crippen molar-refractivity contribution in [2.45, 2.75) is 6.42 Å². The molecule has 0 bridgehead atoms. The molecule has 0 saturated carbocycles. The van der Waals surface area contributed by atoms with Gasteiger partial charge in [0.2, 0.25) is 0 Å². The Bertz CT molecular complexity index is 3170. The van der Waals surface area contributed by atoms with Gasteiger partial charge in [-0.2, -0.15) is 0 Å². The van der Waals surface area contributed by atoms with Crippen molar-refractivity contribution in [1.29, 1.82) is 0 Å². The molecule has 0 amide bonds. The number of hydrogen-bond donors (Lipinski definition) is 0. The normalized spacial score (nSPS) is 13.3. The number of hydrogen-bond acceptors (Lipinski definition) is 2. The van der Waals surface area contributed by atoms with Gasteiger partial charge in [0, 0.05) is 45.1 Å². The molecule has 0 N–H and O–H groups in total. The lowest BCUT2D eigenvalue weighted by atomic mass is 10.0. The molecule has 8 aromatic carbocycles. The van der Waals surface area contributed by atoms with E-state index >= 15 is 0 Å². The summed E-state index contributed by atoms with van der Waals surface area (Å²) in [7, 11) is -2.69. The predicted octanol–water partition coefficient (Wildman–Crippen LogP) is 9.84. The van der Waals surface area contributed by atoms with Crippen LogP contribution < -0.4 is 20.7 Å². The SMILES string of the molecule is c1ccc(-n2c3ccccc3c3cc(-c4nc(-c5ccc6c(c5)[Si](c5ccccc5)(c5ccccc5)c5ccccc5-6)nc5c4Cc4ccccc4-5)ccc32)cc1. The van der Waals surface area contributed by atoms with Crippen molar-refractivity contribution in [2.24, 2.45) is 0 Å². The molecule has 3 nitrogen and oxygen atoms in total. The lowest BCUT2D eigenvalue weighted by Crippen LogP contribution is -2.72. The topological polar surface area (TPSA) is 30.7 Å². The minimum Gasteiger partial charge on any atom is -0.309 e. The zero-order chi connectivity index (χ0) is 37.5. The van der Waals surface area contributed by atoms with E-state index in [9.17, 15) is 0 Å². The van der Waals surface area contributed by atoms with Crippen LogP contribution in [0.15, 0.2) is 200 Å². The zero-order valence-electron chi connectivity index (χ0n) is 31.1. The summed E-state index contributed by atoms with van der Waals surface area (Å²) >= 11 is 0. The van der Waals surface area contributed by atoms with Crippen LogP contribution in [-0.2, 0) is 6.42 Å². The maximum absolute atomic E-state index is 5.59. The third-order valence-corrected chi connectivity index (χ3v) is 17.2. The van der Waals surface area contributed by atoms with E-state index in [0.29, 0.717) is 0 Å². The fourth-order valence-corrected chi connectivity index (χ4v) is 15.1. The van der Waals surface area contributed by atoms with Gasteiger partial charge in [-0.1, -0.05) is 170 Å². The van der Waals surface area contributed by atoms with Crippen molar-refractivity contribution in [3.63, 3.8) is 0 Å². The van der Waals surface area contributed by atoms with E-state index in [1.54, 1.807) is 0 Å². The van der Waals surface area contributed by atoms with E-state index in [1.165, 1.54) is 70.4 Å². The van der Waals surface area contributed by atoms with Crippen molar-refractivity contribution in [2.75, 3.05) is 0 Å². The third-order valence-electron chi connectivity index (χ3n) is 12.3. The molecule has 0 saturated heterocycles. The molecule has 12 rings (SSSR count). The number of benzene rings is 8. The van der Waals surface area contributed by atoms with Crippen LogP contribution >= 0.6 is 0 Å². The lowest BCUT2D eigenvalue weighted by Gasteiger charge is -2.31. The van der Waals surface area contributed by atoms with Gasteiger partial charge in [0.1, 0.15) is 0 Å². The Labute approximate surface area is 332 Å². The van der Waals surface area contributed by atoms with Gasteiger partial charge in [0.15, 0.2) is 13.9 Å². The summed E-state index contributed by atoms with van der Waals surface area (Å²) in [5, 5.41) is 8.03. The van der Waals surface area contributed by atoms with Crippen LogP contribution in [0.1, 0.15) is 11.1 Å². The van der Waals surface area contributed by atoms with Crippen LogP contribution in [0, 0.1) is 0 Å². The molecule has 3 heterocycles. The summed E-state index contributed by atoms with van der Waals surface area (Å²) in [5.41, 5.74) is 14.0. The van der Waals surface area contributed by atoms with Crippen LogP contribution in [0.3, 0.4) is 0 Å². The van der Waals surface area contributed by atoms with Crippen LogP contribution in [0.25, 0.3) is 72.5 Å². The molecule has 10 aromatic rings. The van der Waals surface area contributed by atoms with Crippen LogP contribution in [0.4, 0.5) is 0 Å². The first-order valence-corrected chi connectivity index (χ1v) is 21.7. The molecule has 57 heavy (non-hydrogen) atoms.